The zero-order chi connectivity index (χ0) is 8.27. The van der Waals surface area contributed by atoms with Crippen molar-refractivity contribution in [1.82, 2.24) is 0 Å². The van der Waals surface area contributed by atoms with Gasteiger partial charge >= 0.3 is 0 Å². The van der Waals surface area contributed by atoms with Crippen LogP contribution in [-0.2, 0) is 0 Å². The summed E-state index contributed by atoms with van der Waals surface area (Å²) in [6.45, 7) is 4.13. The Morgan fingerprint density at radius 3 is 2.82 bits per heavy atom. The minimum Gasteiger partial charge on any atom is -0.320 e. The molecule has 1 heterocycles. The van der Waals surface area contributed by atoms with Crippen molar-refractivity contribution in [2.24, 2.45) is 5.73 Å². The van der Waals surface area contributed by atoms with Crippen LogP contribution < -0.4 is 5.73 Å². The Bertz CT molecular complexity index is 232. The molecule has 0 bridgehead atoms. The number of thiophene rings is 1. The van der Waals surface area contributed by atoms with Gasteiger partial charge in [0.25, 0.3) is 0 Å². The Labute approximate surface area is 71.5 Å². The van der Waals surface area contributed by atoms with Crippen LogP contribution in [0.4, 0.5) is 0 Å². The van der Waals surface area contributed by atoms with E-state index in [9.17, 15) is 0 Å². The molecule has 0 spiro atoms. The van der Waals surface area contributed by atoms with Gasteiger partial charge in [-0.2, -0.15) is 0 Å². The van der Waals surface area contributed by atoms with E-state index in [1.807, 2.05) is 11.4 Å². The largest absolute Gasteiger partial charge is 0.320 e. The first kappa shape index (κ1) is 8.50. The van der Waals surface area contributed by atoms with Gasteiger partial charge in [0.15, 0.2) is 0 Å². The van der Waals surface area contributed by atoms with Crippen LogP contribution in [-0.4, -0.2) is 0 Å². The molecule has 0 fully saturated rings. The van der Waals surface area contributed by atoms with E-state index >= 15 is 0 Å². The Balaban J connectivity index is 2.71. The Morgan fingerprint density at radius 1 is 1.64 bits per heavy atom. The van der Waals surface area contributed by atoms with Crippen molar-refractivity contribution in [2.75, 3.05) is 0 Å². The first-order chi connectivity index (χ1) is 5.20. The summed E-state index contributed by atoms with van der Waals surface area (Å²) in [6.07, 6.45) is 2.08. The zero-order valence-electron chi connectivity index (χ0n) is 6.87. The molecular weight excluding hydrogens is 154 g/mol. The molecule has 60 valence electrons. The normalized spacial score (nSPS) is 12.6. The molecule has 0 aliphatic carbocycles. The van der Waals surface area contributed by atoms with Crippen LogP contribution in [0.1, 0.15) is 24.8 Å². The fourth-order valence-electron chi connectivity index (χ4n) is 0.922. The number of hydrogen-bond acceptors (Lipinski definition) is 2. The van der Waals surface area contributed by atoms with Crippen LogP contribution in [0.5, 0.6) is 0 Å². The second-order valence-corrected chi connectivity index (χ2v) is 3.76. The van der Waals surface area contributed by atoms with E-state index in [0.717, 1.165) is 0 Å². The summed E-state index contributed by atoms with van der Waals surface area (Å²) in [5.41, 5.74) is 7.14. The van der Waals surface area contributed by atoms with Gasteiger partial charge in [-0.3, -0.25) is 0 Å². The Kier molecular flexibility index (Phi) is 2.85. The number of hydrogen-bond donors (Lipinski definition) is 1. The van der Waals surface area contributed by atoms with E-state index in [1.165, 1.54) is 10.5 Å². The van der Waals surface area contributed by atoms with Gasteiger partial charge in [-0.25, -0.2) is 0 Å². The average molecular weight is 167 g/mol. The SMILES string of the molecule is CC(C)=CC(N)c1cccs1. The molecule has 2 heteroatoms. The summed E-state index contributed by atoms with van der Waals surface area (Å²) in [7, 11) is 0. The van der Waals surface area contributed by atoms with Crippen molar-refractivity contribution in [3.05, 3.63) is 34.0 Å². The summed E-state index contributed by atoms with van der Waals surface area (Å²) in [5.74, 6) is 0. The van der Waals surface area contributed by atoms with Crippen LogP contribution in [0.15, 0.2) is 29.2 Å². The summed E-state index contributed by atoms with van der Waals surface area (Å²) >= 11 is 1.70. The van der Waals surface area contributed by atoms with Gasteiger partial charge in [-0.1, -0.05) is 17.7 Å². The molecule has 0 aliphatic heterocycles. The quantitative estimate of drug-likeness (QED) is 0.673. The molecule has 1 aromatic heterocycles. The molecule has 1 unspecified atom stereocenters. The van der Waals surface area contributed by atoms with Crippen molar-refractivity contribution in [2.45, 2.75) is 19.9 Å². The topological polar surface area (TPSA) is 26.0 Å². The van der Waals surface area contributed by atoms with Crippen molar-refractivity contribution in [3.8, 4) is 0 Å². The van der Waals surface area contributed by atoms with Gasteiger partial charge in [0.2, 0.25) is 0 Å². The standard InChI is InChI=1S/C9H13NS/c1-7(2)6-8(10)9-4-3-5-11-9/h3-6,8H,10H2,1-2H3. The van der Waals surface area contributed by atoms with Gasteiger partial charge in [0.05, 0.1) is 6.04 Å². The molecule has 2 N–H and O–H groups in total. The van der Waals surface area contributed by atoms with Gasteiger partial charge < -0.3 is 5.73 Å². The summed E-state index contributed by atoms with van der Waals surface area (Å²) < 4.78 is 0. The second-order valence-electron chi connectivity index (χ2n) is 2.79. The van der Waals surface area contributed by atoms with Gasteiger partial charge in [0, 0.05) is 4.88 Å². The maximum absolute atomic E-state index is 5.87. The molecule has 1 atom stereocenters. The third-order valence-electron chi connectivity index (χ3n) is 1.38. The van der Waals surface area contributed by atoms with E-state index in [4.69, 9.17) is 5.73 Å². The number of nitrogens with two attached hydrogens (primary N) is 1. The maximum atomic E-state index is 5.87. The van der Waals surface area contributed by atoms with Gasteiger partial charge in [0.1, 0.15) is 0 Å². The predicted molar refractivity (Wildman–Crippen MR) is 50.7 cm³/mol. The molecule has 11 heavy (non-hydrogen) atoms. The lowest BCUT2D eigenvalue weighted by Crippen LogP contribution is -2.04. The zero-order valence-corrected chi connectivity index (χ0v) is 7.69. The van der Waals surface area contributed by atoms with Gasteiger partial charge in [-0.05, 0) is 25.3 Å². The maximum Gasteiger partial charge on any atom is 0.0578 e. The molecule has 0 saturated heterocycles. The number of rotatable bonds is 2. The Morgan fingerprint density at radius 2 is 2.36 bits per heavy atom. The Hall–Kier alpha value is -0.600. The van der Waals surface area contributed by atoms with E-state index < -0.39 is 0 Å². The van der Waals surface area contributed by atoms with Crippen molar-refractivity contribution in [1.29, 1.82) is 0 Å². The minimum atomic E-state index is 0.0833. The first-order valence-corrected chi connectivity index (χ1v) is 4.52. The highest BCUT2D eigenvalue weighted by molar-refractivity contribution is 7.10. The predicted octanol–water partition coefficient (Wildman–Crippen LogP) is 2.71. The van der Waals surface area contributed by atoms with Crippen molar-refractivity contribution < 1.29 is 0 Å². The van der Waals surface area contributed by atoms with E-state index in [2.05, 4.69) is 26.0 Å². The van der Waals surface area contributed by atoms with Crippen LogP contribution in [0.25, 0.3) is 0 Å². The highest BCUT2D eigenvalue weighted by Crippen LogP contribution is 2.18. The third-order valence-corrected chi connectivity index (χ3v) is 2.36. The lowest BCUT2D eigenvalue weighted by Gasteiger charge is -2.02. The monoisotopic (exact) mass is 167 g/mol. The van der Waals surface area contributed by atoms with Gasteiger partial charge in [-0.15, -0.1) is 11.3 Å². The molecular formula is C9H13NS. The molecule has 0 radical (unpaired) electrons. The molecule has 1 aromatic rings. The van der Waals surface area contributed by atoms with Crippen LogP contribution in [0.2, 0.25) is 0 Å². The summed E-state index contributed by atoms with van der Waals surface area (Å²) in [4.78, 5) is 1.23. The van der Waals surface area contributed by atoms with E-state index in [0.29, 0.717) is 0 Å². The van der Waals surface area contributed by atoms with E-state index in [-0.39, 0.29) is 6.04 Å². The molecule has 0 amide bonds. The fraction of sp³-hybridized carbons (Fsp3) is 0.333. The fourth-order valence-corrected chi connectivity index (χ4v) is 1.62. The molecule has 0 aromatic carbocycles. The first-order valence-electron chi connectivity index (χ1n) is 3.64. The van der Waals surface area contributed by atoms with Crippen LogP contribution >= 0.6 is 11.3 Å². The molecule has 0 aliphatic rings. The van der Waals surface area contributed by atoms with Crippen molar-refractivity contribution >= 4 is 11.3 Å². The van der Waals surface area contributed by atoms with Crippen molar-refractivity contribution in [3.63, 3.8) is 0 Å². The highest BCUT2D eigenvalue weighted by atomic mass is 32.1. The minimum absolute atomic E-state index is 0.0833. The average Bonchev–Trinajstić information content (AvgIpc) is 2.35. The number of allylic oxidation sites excluding steroid dienone is 1. The highest BCUT2D eigenvalue weighted by Gasteiger charge is 2.01. The molecule has 1 rings (SSSR count). The molecule has 0 saturated carbocycles. The molecule has 1 nitrogen and oxygen atoms in total. The third kappa shape index (κ3) is 2.48. The summed E-state index contributed by atoms with van der Waals surface area (Å²) in [6, 6.07) is 4.17. The van der Waals surface area contributed by atoms with Crippen LogP contribution in [0.3, 0.4) is 0 Å². The van der Waals surface area contributed by atoms with Crippen LogP contribution in [0, 0.1) is 0 Å². The second kappa shape index (κ2) is 3.69. The lowest BCUT2D eigenvalue weighted by molar-refractivity contribution is 0.923. The smallest absolute Gasteiger partial charge is 0.0578 e. The van der Waals surface area contributed by atoms with E-state index in [1.54, 1.807) is 11.3 Å². The summed E-state index contributed by atoms with van der Waals surface area (Å²) in [5, 5.41) is 2.05. The lowest BCUT2D eigenvalue weighted by atomic mass is 10.2.